The van der Waals surface area contributed by atoms with E-state index in [1.807, 2.05) is 22.7 Å². The summed E-state index contributed by atoms with van der Waals surface area (Å²) in [4.78, 5) is 0. The smallest absolute Gasteiger partial charge is 0.0434 e. The Balaban J connectivity index is 1.15. The van der Waals surface area contributed by atoms with Gasteiger partial charge in [-0.25, -0.2) is 0 Å². The lowest BCUT2D eigenvalue weighted by Crippen LogP contribution is -2.00. The molecule has 1 aliphatic rings. The Bertz CT molecular complexity index is 4050. The van der Waals surface area contributed by atoms with Crippen molar-refractivity contribution in [2.45, 2.75) is 0 Å². The maximum Gasteiger partial charge on any atom is 0.0434 e. The van der Waals surface area contributed by atoms with Gasteiger partial charge in [0.1, 0.15) is 0 Å². The molecule has 11 aromatic carbocycles. The van der Waals surface area contributed by atoms with Crippen molar-refractivity contribution in [3.63, 3.8) is 0 Å². The predicted octanol–water partition coefficient (Wildman–Crippen LogP) is 18.2. The Morgan fingerprint density at radius 1 is 0.210 bits per heavy atom. The first kappa shape index (κ1) is 34.4. The van der Waals surface area contributed by atoms with E-state index in [9.17, 15) is 0 Å². The Morgan fingerprint density at radius 2 is 0.597 bits per heavy atom. The van der Waals surface area contributed by atoms with Crippen LogP contribution in [0.1, 0.15) is 0 Å². The second kappa shape index (κ2) is 13.1. The van der Waals surface area contributed by atoms with Gasteiger partial charge in [-0.05, 0) is 124 Å². The number of rotatable bonds is 2. The minimum Gasteiger partial charge on any atom is -0.135 e. The fourth-order valence-electron chi connectivity index (χ4n) is 10.7. The van der Waals surface area contributed by atoms with Crippen molar-refractivity contribution in [1.82, 2.24) is 0 Å². The summed E-state index contributed by atoms with van der Waals surface area (Å²) in [5.74, 6) is 0. The van der Waals surface area contributed by atoms with Gasteiger partial charge in [0.15, 0.2) is 0 Å². The Labute approximate surface area is 366 Å². The summed E-state index contributed by atoms with van der Waals surface area (Å²) in [6.07, 6.45) is 0. The standard InChI is InChI=1S/C60H34S2/c1-4-17-40-37(14-1)38-15-2-5-18-41(38)53-34-55-51-32-35(36-22-11-25-48-43-20-7-9-28-56(43)61-59(36)48)30-31-47(51)58-45(39-16-3-6-19-42(39)54(55)33-52(40)53)23-12-24-46(58)50-27-13-26-49-44-21-8-10-29-57(44)62-60(49)50/h1-34H. The molecule has 1 aliphatic carbocycles. The highest BCUT2D eigenvalue weighted by Gasteiger charge is 2.27. The van der Waals surface area contributed by atoms with Crippen molar-refractivity contribution < 1.29 is 0 Å². The van der Waals surface area contributed by atoms with Crippen molar-refractivity contribution in [3.05, 3.63) is 206 Å². The minimum absolute atomic E-state index is 1.23. The van der Waals surface area contributed by atoms with Crippen LogP contribution in [0.4, 0.5) is 0 Å². The topological polar surface area (TPSA) is 0 Å². The molecule has 0 aliphatic heterocycles. The third-order valence-corrected chi connectivity index (χ3v) is 15.9. The van der Waals surface area contributed by atoms with Gasteiger partial charge in [0.2, 0.25) is 0 Å². The molecule has 62 heavy (non-hydrogen) atoms. The lowest BCUT2D eigenvalue weighted by molar-refractivity contribution is 1.53. The van der Waals surface area contributed by atoms with E-state index in [0.717, 1.165) is 0 Å². The molecule has 0 atom stereocenters. The number of hydrogen-bond acceptors (Lipinski definition) is 2. The first-order valence-corrected chi connectivity index (χ1v) is 23.0. The third-order valence-electron chi connectivity index (χ3n) is 13.4. The average molecular weight is 819 g/mol. The largest absolute Gasteiger partial charge is 0.135 e. The lowest BCUT2D eigenvalue weighted by atomic mass is 9.76. The normalized spacial score (nSPS) is 12.2. The van der Waals surface area contributed by atoms with Gasteiger partial charge in [-0.1, -0.05) is 176 Å². The number of thiophene rings is 2. The van der Waals surface area contributed by atoms with Gasteiger partial charge in [0.25, 0.3) is 0 Å². The fraction of sp³-hybridized carbons (Fsp3) is 0. The summed E-state index contributed by atoms with van der Waals surface area (Å²) >= 11 is 3.81. The van der Waals surface area contributed by atoms with Crippen LogP contribution in [0.15, 0.2) is 206 Å². The number of fused-ring (bicyclic) bond motifs is 20. The van der Waals surface area contributed by atoms with E-state index in [0.29, 0.717) is 0 Å². The Hall–Kier alpha value is -7.36. The van der Waals surface area contributed by atoms with Crippen LogP contribution in [0, 0.1) is 0 Å². The predicted molar refractivity (Wildman–Crippen MR) is 271 cm³/mol. The van der Waals surface area contributed by atoms with Crippen LogP contribution in [-0.4, -0.2) is 0 Å². The van der Waals surface area contributed by atoms with Gasteiger partial charge >= 0.3 is 0 Å². The summed E-state index contributed by atoms with van der Waals surface area (Å²) in [6, 6.07) is 77.8. The quantitative estimate of drug-likeness (QED) is 0.152. The van der Waals surface area contributed by atoms with Crippen molar-refractivity contribution in [2.24, 2.45) is 0 Å². The van der Waals surface area contributed by atoms with Crippen LogP contribution in [0.3, 0.4) is 0 Å². The molecule has 0 fully saturated rings. The highest BCUT2D eigenvalue weighted by molar-refractivity contribution is 7.26. The zero-order chi connectivity index (χ0) is 40.5. The van der Waals surface area contributed by atoms with Gasteiger partial charge in [-0.3, -0.25) is 0 Å². The number of benzene rings is 11. The summed E-state index contributed by atoms with van der Waals surface area (Å²) in [5.41, 5.74) is 15.1. The van der Waals surface area contributed by atoms with Gasteiger partial charge in [-0.15, -0.1) is 22.7 Å². The van der Waals surface area contributed by atoms with Crippen LogP contribution in [-0.2, 0) is 0 Å². The van der Waals surface area contributed by atoms with E-state index in [1.54, 1.807) is 0 Å². The maximum atomic E-state index is 2.53. The minimum atomic E-state index is 1.23. The Kier molecular flexibility index (Phi) is 7.24. The first-order valence-electron chi connectivity index (χ1n) is 21.3. The van der Waals surface area contributed by atoms with Crippen molar-refractivity contribution >= 4 is 95.3 Å². The highest BCUT2D eigenvalue weighted by atomic mass is 32.1. The molecule has 286 valence electrons. The molecule has 0 N–H and O–H groups in total. The SMILES string of the molecule is c1ccc2c(c1)-c1cc3c4ccccc4c4ccccc4c3cc1-c1cc(-c3cccc4c3sc3ccccc34)ccc1-c1c-2cccc1-c1cccc2c1sc1ccccc12. The molecule has 0 bridgehead atoms. The van der Waals surface area contributed by atoms with Crippen molar-refractivity contribution in [1.29, 1.82) is 0 Å². The van der Waals surface area contributed by atoms with Crippen molar-refractivity contribution in [2.75, 3.05) is 0 Å². The van der Waals surface area contributed by atoms with E-state index in [-0.39, 0.29) is 0 Å². The molecule has 0 amide bonds. The molecule has 13 aromatic rings. The maximum absolute atomic E-state index is 2.53. The molecule has 0 spiro atoms. The molecule has 0 saturated carbocycles. The summed E-state index contributed by atoms with van der Waals surface area (Å²) < 4.78 is 5.30. The van der Waals surface area contributed by atoms with Gasteiger partial charge in [0.05, 0.1) is 0 Å². The fourth-order valence-corrected chi connectivity index (χ4v) is 13.2. The summed E-state index contributed by atoms with van der Waals surface area (Å²) in [7, 11) is 0. The molecule has 2 aromatic heterocycles. The van der Waals surface area contributed by atoms with E-state index in [1.165, 1.54) is 139 Å². The average Bonchev–Trinajstić information content (AvgIpc) is 3.92. The molecule has 0 nitrogen and oxygen atoms in total. The summed E-state index contributed by atoms with van der Waals surface area (Å²) in [5, 5.41) is 13.0. The Morgan fingerprint density at radius 3 is 1.21 bits per heavy atom. The van der Waals surface area contributed by atoms with E-state index >= 15 is 0 Å². The second-order valence-electron chi connectivity index (χ2n) is 16.6. The van der Waals surface area contributed by atoms with E-state index < -0.39 is 0 Å². The van der Waals surface area contributed by atoms with E-state index in [4.69, 9.17) is 0 Å². The van der Waals surface area contributed by atoms with Crippen LogP contribution in [0.2, 0.25) is 0 Å². The summed E-state index contributed by atoms with van der Waals surface area (Å²) in [6.45, 7) is 0. The monoisotopic (exact) mass is 818 g/mol. The van der Waals surface area contributed by atoms with E-state index in [2.05, 4.69) is 206 Å². The lowest BCUT2D eigenvalue weighted by Gasteiger charge is -2.26. The van der Waals surface area contributed by atoms with Gasteiger partial charge in [-0.2, -0.15) is 0 Å². The van der Waals surface area contributed by atoms with Gasteiger partial charge in [0, 0.05) is 45.9 Å². The molecular formula is C60H34S2. The first-order chi connectivity index (χ1) is 30.8. The second-order valence-corrected chi connectivity index (χ2v) is 18.7. The molecule has 0 unspecified atom stereocenters. The highest BCUT2D eigenvalue weighted by Crippen LogP contribution is 2.54. The molecular weight excluding hydrogens is 785 g/mol. The van der Waals surface area contributed by atoms with Gasteiger partial charge < -0.3 is 0 Å². The molecule has 2 heteroatoms. The molecule has 2 heterocycles. The molecule has 0 radical (unpaired) electrons. The number of hydrogen-bond donors (Lipinski definition) is 0. The molecule has 14 rings (SSSR count). The zero-order valence-corrected chi connectivity index (χ0v) is 35.1. The third kappa shape index (κ3) is 4.82. The van der Waals surface area contributed by atoms with Crippen LogP contribution in [0.25, 0.3) is 139 Å². The van der Waals surface area contributed by atoms with Crippen LogP contribution < -0.4 is 0 Å². The zero-order valence-electron chi connectivity index (χ0n) is 33.4. The van der Waals surface area contributed by atoms with Crippen LogP contribution >= 0.6 is 22.7 Å². The molecule has 0 saturated heterocycles. The van der Waals surface area contributed by atoms with Crippen LogP contribution in [0.5, 0.6) is 0 Å². The van der Waals surface area contributed by atoms with Crippen molar-refractivity contribution in [3.8, 4) is 66.8 Å².